The monoisotopic (exact) mass is 379 g/mol. The van der Waals surface area contributed by atoms with Gasteiger partial charge in [0.1, 0.15) is 5.69 Å². The molecule has 6 heteroatoms. The number of hydrogen-bond acceptors (Lipinski definition) is 4. The lowest BCUT2D eigenvalue weighted by Gasteiger charge is -2.35. The largest absolute Gasteiger partial charge is 0.334 e. The molecular weight excluding hydrogens is 354 g/mol. The van der Waals surface area contributed by atoms with Gasteiger partial charge in [0.2, 0.25) is 0 Å². The van der Waals surface area contributed by atoms with E-state index in [4.69, 9.17) is 5.73 Å². The fraction of sp³-hybridized carbons (Fsp3) is 0.474. The number of fused-ring (bicyclic) bond motifs is 1. The molecule has 1 aromatic heterocycles. The Morgan fingerprint density at radius 2 is 2.12 bits per heavy atom. The van der Waals surface area contributed by atoms with Gasteiger partial charge < -0.3 is 10.6 Å². The van der Waals surface area contributed by atoms with Crippen molar-refractivity contribution in [3.05, 3.63) is 51.5 Å². The Morgan fingerprint density at radius 3 is 2.84 bits per heavy atom. The average molecular weight is 380 g/mol. The minimum Gasteiger partial charge on any atom is -0.334 e. The van der Waals surface area contributed by atoms with Crippen molar-refractivity contribution in [2.45, 2.75) is 45.1 Å². The first-order valence-electron chi connectivity index (χ1n) is 8.75. The molecule has 1 aliphatic rings. The van der Waals surface area contributed by atoms with Crippen LogP contribution in [0.2, 0.25) is 0 Å². The van der Waals surface area contributed by atoms with Crippen LogP contribution in [0.5, 0.6) is 0 Å². The second-order valence-electron chi connectivity index (χ2n) is 6.33. The molecule has 0 fully saturated rings. The molecule has 1 atom stereocenters. The van der Waals surface area contributed by atoms with Crippen LogP contribution in [0, 0.1) is 0 Å². The van der Waals surface area contributed by atoms with E-state index in [0.29, 0.717) is 12.2 Å². The molecule has 25 heavy (non-hydrogen) atoms. The minimum atomic E-state index is 0. The van der Waals surface area contributed by atoms with Gasteiger partial charge in [0, 0.05) is 24.4 Å². The van der Waals surface area contributed by atoms with Crippen LogP contribution >= 0.6 is 23.7 Å². The Balaban J connectivity index is 0.00000225. The van der Waals surface area contributed by atoms with Gasteiger partial charge in [-0.1, -0.05) is 31.2 Å². The molecule has 2 aromatic rings. The lowest BCUT2D eigenvalue weighted by atomic mass is 9.87. The van der Waals surface area contributed by atoms with Gasteiger partial charge in [-0.15, -0.1) is 23.7 Å². The van der Waals surface area contributed by atoms with Crippen LogP contribution in [0.1, 0.15) is 46.4 Å². The molecule has 1 aliphatic carbocycles. The number of benzene rings is 1. The van der Waals surface area contributed by atoms with Gasteiger partial charge in [-0.25, -0.2) is 4.98 Å². The third-order valence-electron chi connectivity index (χ3n) is 4.62. The summed E-state index contributed by atoms with van der Waals surface area (Å²) in [4.78, 5) is 19.5. The highest BCUT2D eigenvalue weighted by molar-refractivity contribution is 7.09. The van der Waals surface area contributed by atoms with Crippen LogP contribution in [0.3, 0.4) is 0 Å². The van der Waals surface area contributed by atoms with E-state index in [9.17, 15) is 4.79 Å². The number of carbonyl (C=O) groups excluding carboxylic acids is 1. The Bertz CT molecular complexity index is 703. The Hall–Kier alpha value is -1.43. The number of aryl methyl sites for hydroxylation is 1. The van der Waals surface area contributed by atoms with Gasteiger partial charge in [-0.05, 0) is 43.4 Å². The third-order valence-corrected chi connectivity index (χ3v) is 5.52. The second-order valence-corrected chi connectivity index (χ2v) is 7.27. The number of halogens is 1. The Kier molecular flexibility index (Phi) is 7.41. The maximum Gasteiger partial charge on any atom is 0.273 e. The summed E-state index contributed by atoms with van der Waals surface area (Å²) in [7, 11) is 0. The minimum absolute atomic E-state index is 0. The SMILES string of the molecule is CCCN(C(=O)c1csc(CCN)n1)C1CCc2ccccc2C1.Cl. The van der Waals surface area contributed by atoms with Gasteiger partial charge >= 0.3 is 0 Å². The topological polar surface area (TPSA) is 59.2 Å². The Morgan fingerprint density at radius 1 is 1.36 bits per heavy atom. The van der Waals surface area contributed by atoms with E-state index >= 15 is 0 Å². The zero-order chi connectivity index (χ0) is 16.9. The van der Waals surface area contributed by atoms with Crippen molar-refractivity contribution in [1.82, 2.24) is 9.88 Å². The predicted molar refractivity (Wildman–Crippen MR) is 106 cm³/mol. The van der Waals surface area contributed by atoms with Crippen molar-refractivity contribution in [1.29, 1.82) is 0 Å². The van der Waals surface area contributed by atoms with Crippen molar-refractivity contribution in [3.8, 4) is 0 Å². The first kappa shape index (κ1) is 19.9. The van der Waals surface area contributed by atoms with Crippen LogP contribution < -0.4 is 5.73 Å². The molecule has 1 amide bonds. The molecular formula is C19H26ClN3OS. The molecule has 0 spiro atoms. The van der Waals surface area contributed by atoms with E-state index in [0.717, 1.165) is 43.7 Å². The van der Waals surface area contributed by atoms with Crippen molar-refractivity contribution < 1.29 is 4.79 Å². The summed E-state index contributed by atoms with van der Waals surface area (Å²) in [6, 6.07) is 8.86. The van der Waals surface area contributed by atoms with Crippen LogP contribution in [0.4, 0.5) is 0 Å². The summed E-state index contributed by atoms with van der Waals surface area (Å²) in [5.41, 5.74) is 8.97. The molecule has 0 aliphatic heterocycles. The predicted octanol–water partition coefficient (Wildman–Crippen LogP) is 3.48. The zero-order valence-corrected chi connectivity index (χ0v) is 16.2. The second kappa shape index (κ2) is 9.32. The van der Waals surface area contributed by atoms with Crippen molar-refractivity contribution in [2.75, 3.05) is 13.1 Å². The summed E-state index contributed by atoms with van der Waals surface area (Å²) in [6.07, 6.45) is 4.72. The quantitative estimate of drug-likeness (QED) is 0.835. The third kappa shape index (κ3) is 4.60. The molecule has 3 rings (SSSR count). The first-order chi connectivity index (χ1) is 11.7. The van der Waals surface area contributed by atoms with E-state index in [-0.39, 0.29) is 24.4 Å². The van der Waals surface area contributed by atoms with Crippen molar-refractivity contribution in [3.63, 3.8) is 0 Å². The lowest BCUT2D eigenvalue weighted by molar-refractivity contribution is 0.0656. The highest BCUT2D eigenvalue weighted by atomic mass is 35.5. The molecule has 1 unspecified atom stereocenters. The van der Waals surface area contributed by atoms with Gasteiger partial charge in [0.05, 0.1) is 5.01 Å². The van der Waals surface area contributed by atoms with E-state index in [1.807, 2.05) is 10.3 Å². The molecule has 0 bridgehead atoms. The Labute approximate surface area is 159 Å². The average Bonchev–Trinajstić information content (AvgIpc) is 3.08. The number of thiazole rings is 1. The van der Waals surface area contributed by atoms with Crippen LogP contribution in [-0.4, -0.2) is 34.9 Å². The van der Waals surface area contributed by atoms with Crippen LogP contribution in [-0.2, 0) is 19.3 Å². The molecule has 1 heterocycles. The summed E-state index contributed by atoms with van der Waals surface area (Å²) in [6.45, 7) is 3.48. The van der Waals surface area contributed by atoms with Crippen LogP contribution in [0.15, 0.2) is 29.6 Å². The van der Waals surface area contributed by atoms with Gasteiger partial charge in [-0.2, -0.15) is 0 Å². The number of aromatic nitrogens is 1. The standard InChI is InChI=1S/C19H25N3OS.ClH/c1-2-11-22(19(23)17-13-24-18(21-17)9-10-20)16-8-7-14-5-3-4-6-15(14)12-16;/h3-6,13,16H,2,7-12,20H2,1H3;1H. The number of carbonyl (C=O) groups is 1. The number of amides is 1. The normalized spacial score (nSPS) is 16.0. The maximum atomic E-state index is 13.0. The fourth-order valence-electron chi connectivity index (χ4n) is 3.43. The molecule has 136 valence electrons. The number of nitrogens with zero attached hydrogens (tertiary/aromatic N) is 2. The van der Waals surface area contributed by atoms with Gasteiger partial charge in [0.25, 0.3) is 5.91 Å². The van der Waals surface area contributed by atoms with E-state index in [1.54, 1.807) is 0 Å². The van der Waals surface area contributed by atoms with E-state index < -0.39 is 0 Å². The number of hydrogen-bond donors (Lipinski definition) is 1. The molecule has 4 nitrogen and oxygen atoms in total. The molecule has 2 N–H and O–H groups in total. The number of rotatable bonds is 6. The zero-order valence-electron chi connectivity index (χ0n) is 14.6. The summed E-state index contributed by atoms with van der Waals surface area (Å²) in [5.74, 6) is 0.0701. The van der Waals surface area contributed by atoms with Crippen molar-refractivity contribution >= 4 is 29.7 Å². The molecule has 1 aromatic carbocycles. The highest BCUT2D eigenvalue weighted by Crippen LogP contribution is 2.26. The van der Waals surface area contributed by atoms with E-state index in [1.165, 1.54) is 22.5 Å². The van der Waals surface area contributed by atoms with Crippen molar-refractivity contribution in [2.24, 2.45) is 5.73 Å². The van der Waals surface area contributed by atoms with Crippen LogP contribution in [0.25, 0.3) is 0 Å². The molecule has 0 saturated carbocycles. The molecule has 0 saturated heterocycles. The van der Waals surface area contributed by atoms with Gasteiger partial charge in [0.15, 0.2) is 0 Å². The summed E-state index contributed by atoms with van der Waals surface area (Å²) >= 11 is 1.53. The maximum absolute atomic E-state index is 13.0. The lowest BCUT2D eigenvalue weighted by Crippen LogP contribution is -2.44. The fourth-order valence-corrected chi connectivity index (χ4v) is 4.22. The summed E-state index contributed by atoms with van der Waals surface area (Å²) in [5, 5.41) is 2.83. The van der Waals surface area contributed by atoms with E-state index in [2.05, 4.69) is 36.2 Å². The summed E-state index contributed by atoms with van der Waals surface area (Å²) < 4.78 is 0. The highest BCUT2D eigenvalue weighted by Gasteiger charge is 2.28. The molecule has 0 radical (unpaired) electrons. The van der Waals surface area contributed by atoms with Gasteiger partial charge in [-0.3, -0.25) is 4.79 Å². The number of nitrogens with two attached hydrogens (primary N) is 1. The smallest absolute Gasteiger partial charge is 0.273 e. The first-order valence-corrected chi connectivity index (χ1v) is 9.63.